The fourth-order valence-corrected chi connectivity index (χ4v) is 1.13. The first-order valence-electron chi connectivity index (χ1n) is 4.06. The number of carbonyl (C=O) groups is 1. The average molecular weight is 208 g/mol. The lowest BCUT2D eigenvalue weighted by molar-refractivity contribution is 0.0688. The highest BCUT2D eigenvalue weighted by atomic mass is 16.4. The van der Waals surface area contributed by atoms with Crippen molar-refractivity contribution in [1.82, 2.24) is 4.98 Å². The Labute approximate surface area is 84.4 Å². The second kappa shape index (κ2) is 3.94. The average Bonchev–Trinajstić information content (AvgIpc) is 2.16. The van der Waals surface area contributed by atoms with Gasteiger partial charge in [0.15, 0.2) is 0 Å². The van der Waals surface area contributed by atoms with Gasteiger partial charge in [-0.15, -0.1) is 0 Å². The summed E-state index contributed by atoms with van der Waals surface area (Å²) in [6.07, 6.45) is -1.11. The van der Waals surface area contributed by atoms with Gasteiger partial charge in [-0.1, -0.05) is 0 Å². The van der Waals surface area contributed by atoms with Crippen molar-refractivity contribution in [3.05, 3.63) is 33.2 Å². The second-order valence-electron chi connectivity index (χ2n) is 2.93. The third-order valence-electron chi connectivity index (χ3n) is 1.84. The molecule has 0 saturated heterocycles. The Balaban J connectivity index is 3.55. The molecule has 6 heteroatoms. The molecule has 3 N–H and O–H groups in total. The Kier molecular flexibility index (Phi) is 2.87. The molecule has 1 aromatic rings. The predicted molar refractivity (Wildman–Crippen MR) is 49.4 cm³/mol. The maximum absolute atomic E-state index is 11.2. The van der Waals surface area contributed by atoms with Gasteiger partial charge in [0, 0.05) is 0 Å². The zero-order valence-corrected chi connectivity index (χ0v) is 7.81. The Hall–Kier alpha value is -2.13. The van der Waals surface area contributed by atoms with Crippen LogP contribution in [0.1, 0.15) is 34.6 Å². The molecule has 78 valence electrons. The summed E-state index contributed by atoms with van der Waals surface area (Å²) in [6.45, 7) is 1.32. The molecule has 0 aliphatic carbocycles. The number of aliphatic hydroxyl groups is 1. The SMILES string of the molecule is CC(O)c1[nH]c(=O)c(C#N)cc1C(=O)O. The maximum Gasteiger partial charge on any atom is 0.337 e. The van der Waals surface area contributed by atoms with Crippen LogP contribution in [0.5, 0.6) is 0 Å². The van der Waals surface area contributed by atoms with E-state index in [0.29, 0.717) is 0 Å². The van der Waals surface area contributed by atoms with E-state index >= 15 is 0 Å². The van der Waals surface area contributed by atoms with Crippen LogP contribution >= 0.6 is 0 Å². The highest BCUT2D eigenvalue weighted by Gasteiger charge is 2.17. The highest BCUT2D eigenvalue weighted by Crippen LogP contribution is 2.14. The first kappa shape index (κ1) is 10.9. The maximum atomic E-state index is 11.2. The van der Waals surface area contributed by atoms with Crippen molar-refractivity contribution in [3.63, 3.8) is 0 Å². The highest BCUT2D eigenvalue weighted by molar-refractivity contribution is 5.89. The summed E-state index contributed by atoms with van der Waals surface area (Å²) in [7, 11) is 0. The summed E-state index contributed by atoms with van der Waals surface area (Å²) >= 11 is 0. The molecule has 0 spiro atoms. The Morgan fingerprint density at radius 3 is 2.67 bits per heavy atom. The first-order chi connectivity index (χ1) is 6.97. The number of nitriles is 1. The van der Waals surface area contributed by atoms with Gasteiger partial charge in [0.25, 0.3) is 5.56 Å². The number of aliphatic hydroxyl groups excluding tert-OH is 1. The largest absolute Gasteiger partial charge is 0.478 e. The summed E-state index contributed by atoms with van der Waals surface area (Å²) in [5, 5.41) is 26.5. The van der Waals surface area contributed by atoms with E-state index in [1.807, 2.05) is 0 Å². The minimum atomic E-state index is -1.31. The van der Waals surface area contributed by atoms with Crippen LogP contribution in [-0.2, 0) is 0 Å². The molecule has 0 aliphatic rings. The van der Waals surface area contributed by atoms with Crippen molar-refractivity contribution < 1.29 is 15.0 Å². The monoisotopic (exact) mass is 208 g/mol. The van der Waals surface area contributed by atoms with Crippen LogP contribution in [0, 0.1) is 11.3 Å². The molecule has 0 amide bonds. The van der Waals surface area contributed by atoms with Gasteiger partial charge < -0.3 is 15.2 Å². The number of aromatic carboxylic acids is 1. The van der Waals surface area contributed by atoms with E-state index in [0.717, 1.165) is 6.07 Å². The zero-order chi connectivity index (χ0) is 11.6. The molecule has 1 rings (SSSR count). The predicted octanol–water partition coefficient (Wildman–Crippen LogP) is -0.00192. The normalized spacial score (nSPS) is 11.8. The van der Waals surface area contributed by atoms with Crippen molar-refractivity contribution in [1.29, 1.82) is 5.26 Å². The van der Waals surface area contributed by atoms with Gasteiger partial charge in [-0.05, 0) is 13.0 Å². The van der Waals surface area contributed by atoms with Gasteiger partial charge >= 0.3 is 5.97 Å². The standard InChI is InChI=1S/C9H8N2O4/c1-4(12)7-6(9(14)15)2-5(3-10)8(13)11-7/h2,4,12H,1H3,(H,11,13)(H,14,15). The minimum Gasteiger partial charge on any atom is -0.478 e. The van der Waals surface area contributed by atoms with Crippen molar-refractivity contribution in [2.45, 2.75) is 13.0 Å². The lowest BCUT2D eigenvalue weighted by Gasteiger charge is -2.08. The molecule has 1 unspecified atom stereocenters. The van der Waals surface area contributed by atoms with Crippen LogP contribution in [0.15, 0.2) is 10.9 Å². The summed E-state index contributed by atoms with van der Waals surface area (Å²) in [5.74, 6) is -1.31. The number of aromatic amines is 1. The summed E-state index contributed by atoms with van der Waals surface area (Å²) < 4.78 is 0. The van der Waals surface area contributed by atoms with E-state index in [1.165, 1.54) is 6.92 Å². The molecule has 6 nitrogen and oxygen atoms in total. The Morgan fingerprint density at radius 1 is 1.67 bits per heavy atom. The molecule has 0 fully saturated rings. The number of aromatic nitrogens is 1. The lowest BCUT2D eigenvalue weighted by atomic mass is 10.1. The van der Waals surface area contributed by atoms with E-state index in [4.69, 9.17) is 10.4 Å². The summed E-state index contributed by atoms with van der Waals surface area (Å²) in [6, 6.07) is 2.52. The third kappa shape index (κ3) is 2.03. The van der Waals surface area contributed by atoms with Crippen molar-refractivity contribution in [2.75, 3.05) is 0 Å². The Bertz CT molecular complexity index is 496. The van der Waals surface area contributed by atoms with Gasteiger partial charge in [-0.25, -0.2) is 4.79 Å². The molecule has 1 atom stereocenters. The number of pyridine rings is 1. The number of carboxylic acids is 1. The van der Waals surface area contributed by atoms with E-state index in [-0.39, 0.29) is 16.8 Å². The molecule has 0 aliphatic heterocycles. The summed E-state index contributed by atoms with van der Waals surface area (Å²) in [5.41, 5.74) is -1.39. The van der Waals surface area contributed by atoms with Crippen LogP contribution in [0.2, 0.25) is 0 Å². The topological polar surface area (TPSA) is 114 Å². The van der Waals surface area contributed by atoms with E-state index in [2.05, 4.69) is 4.98 Å². The zero-order valence-electron chi connectivity index (χ0n) is 7.81. The van der Waals surface area contributed by atoms with Gasteiger partial charge in [0.1, 0.15) is 11.6 Å². The van der Waals surface area contributed by atoms with Crippen molar-refractivity contribution in [3.8, 4) is 6.07 Å². The Morgan fingerprint density at radius 2 is 2.27 bits per heavy atom. The molecule has 1 heterocycles. The molecule has 0 aromatic carbocycles. The van der Waals surface area contributed by atoms with Crippen molar-refractivity contribution >= 4 is 5.97 Å². The molecular formula is C9H8N2O4. The van der Waals surface area contributed by atoms with Crippen LogP contribution in [0.4, 0.5) is 0 Å². The van der Waals surface area contributed by atoms with Crippen LogP contribution < -0.4 is 5.56 Å². The molecule has 1 aromatic heterocycles. The lowest BCUT2D eigenvalue weighted by Crippen LogP contribution is -2.18. The molecule has 15 heavy (non-hydrogen) atoms. The summed E-state index contributed by atoms with van der Waals surface area (Å²) in [4.78, 5) is 24.1. The van der Waals surface area contributed by atoms with E-state index < -0.39 is 17.6 Å². The first-order valence-corrected chi connectivity index (χ1v) is 4.06. The van der Waals surface area contributed by atoms with E-state index in [1.54, 1.807) is 6.07 Å². The molecular weight excluding hydrogens is 200 g/mol. The number of hydrogen-bond acceptors (Lipinski definition) is 4. The number of nitrogens with zero attached hydrogens (tertiary/aromatic N) is 1. The number of H-pyrrole nitrogens is 1. The van der Waals surface area contributed by atoms with Crippen LogP contribution in [0.3, 0.4) is 0 Å². The molecule has 0 radical (unpaired) electrons. The molecule has 0 bridgehead atoms. The van der Waals surface area contributed by atoms with Gasteiger partial charge in [0.2, 0.25) is 0 Å². The van der Waals surface area contributed by atoms with Crippen LogP contribution in [-0.4, -0.2) is 21.2 Å². The van der Waals surface area contributed by atoms with E-state index in [9.17, 15) is 14.7 Å². The fraction of sp³-hybridized carbons (Fsp3) is 0.222. The minimum absolute atomic E-state index is 0.105. The van der Waals surface area contributed by atoms with Gasteiger partial charge in [-0.3, -0.25) is 4.79 Å². The van der Waals surface area contributed by atoms with Crippen LogP contribution in [0.25, 0.3) is 0 Å². The fourth-order valence-electron chi connectivity index (χ4n) is 1.13. The number of rotatable bonds is 2. The third-order valence-corrected chi connectivity index (χ3v) is 1.84. The van der Waals surface area contributed by atoms with Crippen molar-refractivity contribution in [2.24, 2.45) is 0 Å². The van der Waals surface area contributed by atoms with Gasteiger partial charge in [-0.2, -0.15) is 5.26 Å². The smallest absolute Gasteiger partial charge is 0.337 e. The quantitative estimate of drug-likeness (QED) is 0.632. The van der Waals surface area contributed by atoms with Gasteiger partial charge in [0.05, 0.1) is 17.4 Å². The number of hydrogen-bond donors (Lipinski definition) is 3. The number of carboxylic acid groups (broad SMARTS) is 1. The number of nitrogens with one attached hydrogen (secondary N) is 1. The molecule has 0 saturated carbocycles. The second-order valence-corrected chi connectivity index (χ2v) is 2.93.